The first-order valence-electron chi connectivity index (χ1n) is 8.40. The summed E-state index contributed by atoms with van der Waals surface area (Å²) in [5.74, 6) is 0.181. The average molecular weight is 389 g/mol. The molecule has 1 aromatic rings. The predicted molar refractivity (Wildman–Crippen MR) is 90.4 cm³/mol. The van der Waals surface area contributed by atoms with Gasteiger partial charge in [0.1, 0.15) is 24.6 Å². The van der Waals surface area contributed by atoms with Crippen LogP contribution >= 0.6 is 7.75 Å². The number of nitrogens with two attached hydrogens (primary N) is 1. The fourth-order valence-electron chi connectivity index (χ4n) is 3.01. The van der Waals surface area contributed by atoms with E-state index in [0.717, 1.165) is 19.3 Å². The molecule has 1 unspecified atom stereocenters. The molecule has 0 bridgehead atoms. The maximum atomic E-state index is 12.4. The Balaban J connectivity index is 1.62. The number of ether oxygens (including phenoxy) is 1. The lowest BCUT2D eigenvalue weighted by molar-refractivity contribution is -0.0576. The van der Waals surface area contributed by atoms with Gasteiger partial charge in [0.25, 0.3) is 0 Å². The highest BCUT2D eigenvalue weighted by atomic mass is 31.2. The first kappa shape index (κ1) is 19.4. The molecule has 3 heterocycles. The summed E-state index contributed by atoms with van der Waals surface area (Å²) in [5, 5.41) is 24.4. The van der Waals surface area contributed by atoms with E-state index in [4.69, 9.17) is 15.0 Å². The quantitative estimate of drug-likeness (QED) is 0.465. The summed E-state index contributed by atoms with van der Waals surface area (Å²) in [6, 6.07) is 0. The van der Waals surface area contributed by atoms with Crippen LogP contribution in [0.15, 0.2) is 12.9 Å². The van der Waals surface area contributed by atoms with E-state index in [-0.39, 0.29) is 18.1 Å². The highest BCUT2D eigenvalue weighted by molar-refractivity contribution is 7.50. The van der Waals surface area contributed by atoms with Gasteiger partial charge in [0.15, 0.2) is 12.1 Å². The second-order valence-corrected chi connectivity index (χ2v) is 8.23. The van der Waals surface area contributed by atoms with Crippen molar-refractivity contribution in [3.05, 3.63) is 18.7 Å². The molecule has 146 valence electrons. The summed E-state index contributed by atoms with van der Waals surface area (Å²) in [6.45, 7) is 4.14. The van der Waals surface area contributed by atoms with Crippen LogP contribution in [0.1, 0.15) is 31.3 Å². The van der Waals surface area contributed by atoms with Crippen molar-refractivity contribution in [2.45, 2.75) is 43.8 Å². The molecule has 2 aliphatic rings. The Morgan fingerprint density at radius 3 is 2.69 bits per heavy atom. The minimum absolute atomic E-state index is 0.152. The van der Waals surface area contributed by atoms with Gasteiger partial charge >= 0.3 is 7.75 Å². The Bertz CT molecular complexity index is 693. The molecule has 0 spiro atoms. The van der Waals surface area contributed by atoms with Crippen LogP contribution in [-0.4, -0.2) is 72.5 Å². The van der Waals surface area contributed by atoms with Crippen molar-refractivity contribution in [2.75, 3.05) is 19.7 Å². The van der Waals surface area contributed by atoms with Crippen molar-refractivity contribution in [1.29, 1.82) is 0 Å². The average Bonchev–Trinajstić information content (AvgIpc) is 3.21. The maximum Gasteiger partial charge on any atom is 0.405 e. The highest BCUT2D eigenvalue weighted by Crippen LogP contribution is 2.48. The van der Waals surface area contributed by atoms with Gasteiger partial charge < -0.3 is 25.6 Å². The number of piperidine rings is 1. The smallest absolute Gasteiger partial charge is 0.396 e. The number of rotatable bonds is 6. The van der Waals surface area contributed by atoms with Crippen LogP contribution in [0.5, 0.6) is 0 Å². The molecule has 26 heavy (non-hydrogen) atoms. The molecule has 0 aromatic carbocycles. The highest BCUT2D eigenvalue weighted by Gasteiger charge is 2.45. The molecular weight excluding hydrogens is 365 g/mol. The van der Waals surface area contributed by atoms with E-state index < -0.39 is 32.3 Å². The van der Waals surface area contributed by atoms with Crippen molar-refractivity contribution < 1.29 is 28.9 Å². The van der Waals surface area contributed by atoms with Gasteiger partial charge in [-0.3, -0.25) is 4.52 Å². The van der Waals surface area contributed by atoms with Crippen LogP contribution in [0, 0.1) is 0 Å². The molecule has 2 aliphatic heterocycles. The summed E-state index contributed by atoms with van der Waals surface area (Å²) >= 11 is 0. The number of hydrogen-bond donors (Lipinski definition) is 4. The van der Waals surface area contributed by atoms with E-state index in [2.05, 4.69) is 16.7 Å². The molecule has 0 saturated carbocycles. The molecule has 3 rings (SSSR count). The number of aromatic nitrogens is 3. The third-order valence-electron chi connectivity index (χ3n) is 4.49. The second-order valence-electron chi connectivity index (χ2n) is 6.42. The van der Waals surface area contributed by atoms with Crippen molar-refractivity contribution >= 4 is 13.4 Å². The predicted octanol–water partition coefficient (Wildman–Crippen LogP) is -0.570. The summed E-state index contributed by atoms with van der Waals surface area (Å²) < 4.78 is 25.7. The van der Waals surface area contributed by atoms with E-state index >= 15 is 0 Å². The van der Waals surface area contributed by atoms with Gasteiger partial charge in [-0.2, -0.15) is 0 Å². The third kappa shape index (κ3) is 3.99. The minimum atomic E-state index is -3.97. The Morgan fingerprint density at radius 1 is 1.38 bits per heavy atom. The van der Waals surface area contributed by atoms with E-state index in [1.54, 1.807) is 0 Å². The van der Waals surface area contributed by atoms with Crippen molar-refractivity contribution in [2.24, 2.45) is 5.73 Å². The summed E-state index contributed by atoms with van der Waals surface area (Å²) in [5.41, 5.74) is 5.66. The van der Waals surface area contributed by atoms with E-state index in [1.165, 1.54) is 15.7 Å². The Kier molecular flexibility index (Phi) is 5.78. The Hall–Kier alpha value is -1.33. The van der Waals surface area contributed by atoms with Gasteiger partial charge in [0, 0.05) is 13.1 Å². The van der Waals surface area contributed by atoms with Crippen LogP contribution in [-0.2, 0) is 13.8 Å². The van der Waals surface area contributed by atoms with Gasteiger partial charge in [-0.25, -0.2) is 18.9 Å². The fourth-order valence-corrected chi connectivity index (χ4v) is 4.30. The molecule has 11 nitrogen and oxygen atoms in total. The van der Waals surface area contributed by atoms with Crippen LogP contribution in [0.2, 0.25) is 0 Å². The zero-order valence-corrected chi connectivity index (χ0v) is 15.1. The van der Waals surface area contributed by atoms with Gasteiger partial charge in [-0.05, 0) is 12.8 Å². The monoisotopic (exact) mass is 389 g/mol. The number of nitrogens with zero attached hydrogens (tertiary/aromatic N) is 4. The number of aliphatic hydroxyl groups excluding tert-OH is 2. The van der Waals surface area contributed by atoms with E-state index in [1.807, 2.05) is 0 Å². The Morgan fingerprint density at radius 2 is 2.08 bits per heavy atom. The summed E-state index contributed by atoms with van der Waals surface area (Å²) in [7, 11) is -3.97. The first-order chi connectivity index (χ1) is 12.3. The SMILES string of the molecule is C=C(N)c1ncn([C@@H]2O[C@H](COP(=O)(O)N3CCCCC3)[C@@H](O)[C@H]2O)n1. The molecule has 1 aromatic heterocycles. The van der Waals surface area contributed by atoms with Crippen LogP contribution in [0.4, 0.5) is 0 Å². The second kappa shape index (κ2) is 7.73. The first-order valence-corrected chi connectivity index (χ1v) is 9.93. The van der Waals surface area contributed by atoms with Gasteiger partial charge in [-0.1, -0.05) is 13.0 Å². The molecule has 5 N–H and O–H groups in total. The molecular formula is C14H24N5O6P. The fraction of sp³-hybridized carbons (Fsp3) is 0.714. The Labute approximate surface area is 150 Å². The standard InChI is InChI=1S/C14H24N5O6P/c1-9(15)13-16-8-19(17-13)14-12(21)11(20)10(25-14)7-24-26(22,23)18-5-3-2-4-6-18/h8,10-12,14,20-21H,1-7,15H2,(H,22,23)/t10-,11-,12-,14-/m1/s1. The zero-order chi connectivity index (χ0) is 18.9. The van der Waals surface area contributed by atoms with Crippen molar-refractivity contribution in [1.82, 2.24) is 19.4 Å². The summed E-state index contributed by atoms with van der Waals surface area (Å²) in [4.78, 5) is 14.0. The lowest BCUT2D eigenvalue weighted by atomic mass is 10.1. The summed E-state index contributed by atoms with van der Waals surface area (Å²) in [6.07, 6.45) is -0.656. The largest absolute Gasteiger partial charge is 0.405 e. The lowest BCUT2D eigenvalue weighted by Crippen LogP contribution is -2.35. The van der Waals surface area contributed by atoms with E-state index in [0.29, 0.717) is 13.1 Å². The van der Waals surface area contributed by atoms with Gasteiger partial charge in [-0.15, -0.1) is 5.10 Å². The van der Waals surface area contributed by atoms with Crippen molar-refractivity contribution in [3.8, 4) is 0 Å². The molecule has 0 amide bonds. The lowest BCUT2D eigenvalue weighted by Gasteiger charge is -2.30. The maximum absolute atomic E-state index is 12.4. The molecule has 2 fully saturated rings. The van der Waals surface area contributed by atoms with Crippen LogP contribution < -0.4 is 5.73 Å². The zero-order valence-electron chi connectivity index (χ0n) is 14.2. The van der Waals surface area contributed by atoms with Crippen LogP contribution in [0.25, 0.3) is 5.70 Å². The molecule has 0 aliphatic carbocycles. The minimum Gasteiger partial charge on any atom is -0.396 e. The third-order valence-corrected chi connectivity index (χ3v) is 6.09. The topological polar surface area (TPSA) is 156 Å². The molecule has 5 atom stereocenters. The number of aliphatic hydroxyl groups is 2. The number of hydrogen-bond acceptors (Lipinski definition) is 8. The van der Waals surface area contributed by atoms with E-state index in [9.17, 15) is 19.7 Å². The molecule has 0 radical (unpaired) electrons. The molecule has 2 saturated heterocycles. The van der Waals surface area contributed by atoms with Gasteiger partial charge in [0.2, 0.25) is 0 Å². The normalized spacial score (nSPS) is 32.4. The van der Waals surface area contributed by atoms with Gasteiger partial charge in [0.05, 0.1) is 12.3 Å². The molecule has 12 heteroatoms. The van der Waals surface area contributed by atoms with Crippen LogP contribution in [0.3, 0.4) is 0 Å². The van der Waals surface area contributed by atoms with Crippen molar-refractivity contribution in [3.63, 3.8) is 0 Å².